The highest BCUT2D eigenvalue weighted by atomic mass is 32.2. The predicted molar refractivity (Wildman–Crippen MR) is 127 cm³/mol. The van der Waals surface area contributed by atoms with Gasteiger partial charge in [0.25, 0.3) is 10.1 Å². The van der Waals surface area contributed by atoms with E-state index >= 15 is 0 Å². The third-order valence-electron chi connectivity index (χ3n) is 4.98. The van der Waals surface area contributed by atoms with Crippen LogP contribution in [0.15, 0.2) is 87.9 Å². The van der Waals surface area contributed by atoms with Crippen molar-refractivity contribution in [1.82, 2.24) is 0 Å². The van der Waals surface area contributed by atoms with Crippen molar-refractivity contribution in [2.45, 2.75) is 4.90 Å². The molecule has 0 heterocycles. The van der Waals surface area contributed by atoms with Gasteiger partial charge in [-0.2, -0.15) is 8.42 Å². The summed E-state index contributed by atoms with van der Waals surface area (Å²) in [5.41, 5.74) is 1.62. The van der Waals surface area contributed by atoms with Crippen molar-refractivity contribution in [2.75, 3.05) is 17.7 Å². The monoisotopic (exact) mass is 464 g/mol. The topological polar surface area (TPSA) is 144 Å². The fraction of sp³-hybridized carbons (Fsp3) is 0.0435. The average Bonchev–Trinajstić information content (AvgIpc) is 2.79. The van der Waals surface area contributed by atoms with E-state index in [4.69, 9.17) is 0 Å². The molecule has 33 heavy (non-hydrogen) atoms. The molecule has 0 unspecified atom stereocenters. The van der Waals surface area contributed by atoms with Gasteiger partial charge in [0.15, 0.2) is 5.75 Å². The number of para-hydroxylation sites is 1. The Morgan fingerprint density at radius 3 is 2.36 bits per heavy atom. The van der Waals surface area contributed by atoms with Crippen LogP contribution in [0.2, 0.25) is 0 Å². The average molecular weight is 465 g/mol. The van der Waals surface area contributed by atoms with Gasteiger partial charge in [-0.1, -0.05) is 36.4 Å². The van der Waals surface area contributed by atoms with Crippen LogP contribution in [0, 0.1) is 0 Å². The van der Waals surface area contributed by atoms with Crippen molar-refractivity contribution in [3.05, 3.63) is 72.8 Å². The zero-order valence-electron chi connectivity index (χ0n) is 17.4. The summed E-state index contributed by atoms with van der Waals surface area (Å²) >= 11 is 0. The molecule has 9 nitrogen and oxygen atoms in total. The number of hydrogen-bond donors (Lipinski definition) is 5. The minimum atomic E-state index is -4.46. The van der Waals surface area contributed by atoms with Gasteiger partial charge in [-0.15, -0.1) is 10.2 Å². The van der Waals surface area contributed by atoms with Gasteiger partial charge in [-0.25, -0.2) is 0 Å². The number of hydrogen-bond acceptors (Lipinski definition) is 8. The molecule has 0 saturated heterocycles. The van der Waals surface area contributed by atoms with Crippen molar-refractivity contribution in [3.8, 4) is 11.5 Å². The summed E-state index contributed by atoms with van der Waals surface area (Å²) < 4.78 is 32.4. The number of anilines is 3. The van der Waals surface area contributed by atoms with Gasteiger partial charge in [-0.05, 0) is 41.8 Å². The van der Waals surface area contributed by atoms with Crippen molar-refractivity contribution in [3.63, 3.8) is 0 Å². The second kappa shape index (κ2) is 8.77. The van der Waals surface area contributed by atoms with Crippen molar-refractivity contribution < 1.29 is 23.2 Å². The number of azo groups is 1. The molecule has 0 aliphatic rings. The number of aromatic hydroxyl groups is 2. The van der Waals surface area contributed by atoms with Crippen LogP contribution in [0.3, 0.4) is 0 Å². The lowest BCUT2D eigenvalue weighted by Crippen LogP contribution is -2.00. The van der Waals surface area contributed by atoms with Gasteiger partial charge in [-0.3, -0.25) is 4.55 Å². The molecule has 168 valence electrons. The number of benzene rings is 4. The maximum absolute atomic E-state index is 11.5. The van der Waals surface area contributed by atoms with E-state index in [0.717, 1.165) is 29.0 Å². The molecule has 0 radical (unpaired) electrons. The highest BCUT2D eigenvalue weighted by molar-refractivity contribution is 7.85. The lowest BCUT2D eigenvalue weighted by molar-refractivity contribution is 0.474. The van der Waals surface area contributed by atoms with Crippen LogP contribution in [0.25, 0.3) is 10.8 Å². The molecule has 0 aromatic heterocycles. The first-order valence-corrected chi connectivity index (χ1v) is 11.2. The molecular weight excluding hydrogens is 444 g/mol. The summed E-state index contributed by atoms with van der Waals surface area (Å²) in [4.78, 5) is -0.374. The smallest absolute Gasteiger partial charge is 0.294 e. The summed E-state index contributed by atoms with van der Waals surface area (Å²) in [6.45, 7) is 0. The molecule has 0 atom stereocenters. The number of phenols is 2. The van der Waals surface area contributed by atoms with Gasteiger partial charge in [0.05, 0.1) is 22.0 Å². The van der Waals surface area contributed by atoms with Crippen LogP contribution in [-0.2, 0) is 10.1 Å². The minimum absolute atomic E-state index is 0.0527. The van der Waals surface area contributed by atoms with E-state index in [-0.39, 0.29) is 27.8 Å². The molecule has 10 heteroatoms. The Bertz CT molecular complexity index is 1490. The first-order valence-electron chi connectivity index (χ1n) is 9.78. The van der Waals surface area contributed by atoms with Crippen LogP contribution in [-0.4, -0.2) is 30.2 Å². The predicted octanol–water partition coefficient (Wildman–Crippen LogP) is 5.70. The van der Waals surface area contributed by atoms with Gasteiger partial charge in [0.2, 0.25) is 0 Å². The molecule has 4 aromatic carbocycles. The molecule has 0 amide bonds. The fourth-order valence-electron chi connectivity index (χ4n) is 3.30. The third-order valence-corrected chi connectivity index (χ3v) is 5.83. The first-order chi connectivity index (χ1) is 15.8. The van der Waals surface area contributed by atoms with Crippen molar-refractivity contribution >= 4 is 49.3 Å². The van der Waals surface area contributed by atoms with E-state index in [2.05, 4.69) is 20.9 Å². The summed E-state index contributed by atoms with van der Waals surface area (Å²) in [5.74, 6) is -0.283. The van der Waals surface area contributed by atoms with Crippen LogP contribution in [0.5, 0.6) is 11.5 Å². The summed E-state index contributed by atoms with van der Waals surface area (Å²) in [6.07, 6.45) is 0. The number of nitrogens with zero attached hydrogens (tertiary/aromatic N) is 2. The van der Waals surface area contributed by atoms with Gasteiger partial charge in [0.1, 0.15) is 17.1 Å². The molecule has 0 saturated carbocycles. The van der Waals surface area contributed by atoms with Crippen molar-refractivity contribution in [1.29, 1.82) is 0 Å². The molecular formula is C23H20N4O5S. The Hall–Kier alpha value is -4.15. The Morgan fingerprint density at radius 2 is 1.61 bits per heavy atom. The van der Waals surface area contributed by atoms with Gasteiger partial charge >= 0.3 is 0 Å². The Kier molecular flexibility index (Phi) is 5.86. The highest BCUT2D eigenvalue weighted by Crippen LogP contribution is 2.40. The van der Waals surface area contributed by atoms with E-state index in [9.17, 15) is 23.2 Å². The van der Waals surface area contributed by atoms with Crippen LogP contribution in [0.4, 0.5) is 28.4 Å². The molecule has 4 rings (SSSR count). The Labute approximate surface area is 189 Å². The maximum atomic E-state index is 11.5. The lowest BCUT2D eigenvalue weighted by atomic mass is 10.1. The van der Waals surface area contributed by atoms with Gasteiger partial charge in [0, 0.05) is 12.4 Å². The molecule has 0 aliphatic carbocycles. The maximum Gasteiger partial charge on any atom is 0.294 e. The van der Waals surface area contributed by atoms with E-state index in [0.29, 0.717) is 17.1 Å². The second-order valence-corrected chi connectivity index (χ2v) is 8.51. The highest BCUT2D eigenvalue weighted by Gasteiger charge is 2.15. The number of phenolic OH excluding ortho intramolecular Hbond substituents is 2. The molecule has 5 N–H and O–H groups in total. The van der Waals surface area contributed by atoms with E-state index in [1.54, 1.807) is 31.3 Å². The largest absolute Gasteiger partial charge is 0.506 e. The van der Waals surface area contributed by atoms with E-state index in [1.165, 1.54) is 0 Å². The molecule has 0 spiro atoms. The Balaban J connectivity index is 1.84. The summed E-state index contributed by atoms with van der Waals surface area (Å²) in [6, 6.07) is 19.4. The fourth-order valence-corrected chi connectivity index (χ4v) is 3.81. The number of rotatable bonds is 6. The normalized spacial score (nSPS) is 11.7. The van der Waals surface area contributed by atoms with Crippen molar-refractivity contribution in [2.24, 2.45) is 10.2 Å². The van der Waals surface area contributed by atoms with Crippen LogP contribution in [0.1, 0.15) is 0 Å². The quantitative estimate of drug-likeness (QED) is 0.140. The molecule has 4 aromatic rings. The Morgan fingerprint density at radius 1 is 0.818 bits per heavy atom. The van der Waals surface area contributed by atoms with Crippen LogP contribution < -0.4 is 10.6 Å². The first kappa shape index (κ1) is 22.1. The lowest BCUT2D eigenvalue weighted by Gasteiger charge is -2.13. The zero-order chi connectivity index (χ0) is 23.6. The standard InChI is InChI=1S/C23H20N4O5S/c1-24-18-7-4-8-19(23(18)29)26-27-22-16-6-3-2-5-14(16)9-11-17(22)25-20-13-15(33(30,31)32)10-12-21(20)28/h2-13,24-25,28-29H,1H3,(H,30,31,32). The summed E-state index contributed by atoms with van der Waals surface area (Å²) in [7, 11) is -2.79. The third kappa shape index (κ3) is 4.56. The van der Waals surface area contributed by atoms with E-state index < -0.39 is 10.1 Å². The number of fused-ring (bicyclic) bond motifs is 1. The molecule has 0 aliphatic heterocycles. The minimum Gasteiger partial charge on any atom is -0.506 e. The van der Waals surface area contributed by atoms with Crippen LogP contribution >= 0.6 is 0 Å². The SMILES string of the molecule is CNc1cccc(N=Nc2c(Nc3cc(S(=O)(=O)O)ccc3O)ccc3ccccc23)c1O. The number of nitrogens with one attached hydrogen (secondary N) is 2. The van der Waals surface area contributed by atoms with Gasteiger partial charge < -0.3 is 20.8 Å². The molecule has 0 fully saturated rings. The molecule has 0 bridgehead atoms. The second-order valence-electron chi connectivity index (χ2n) is 7.09. The van der Waals surface area contributed by atoms with E-state index in [1.807, 2.05) is 30.3 Å². The summed E-state index contributed by atoms with van der Waals surface area (Å²) in [5, 5.41) is 36.6. The zero-order valence-corrected chi connectivity index (χ0v) is 18.2.